The molecule has 0 bridgehead atoms. The van der Waals surface area contributed by atoms with Gasteiger partial charge >= 0.3 is 5.97 Å². The normalized spacial score (nSPS) is 24.3. The van der Waals surface area contributed by atoms with Gasteiger partial charge in [-0.15, -0.1) is 0 Å². The van der Waals surface area contributed by atoms with E-state index >= 15 is 0 Å². The van der Waals surface area contributed by atoms with Gasteiger partial charge < -0.3 is 4.74 Å². The third kappa shape index (κ3) is 1.95. The van der Waals surface area contributed by atoms with Crippen molar-refractivity contribution in [3.63, 3.8) is 0 Å². The number of likely N-dealkylation sites (tertiary alicyclic amines) is 1. The molecule has 0 saturated carbocycles. The van der Waals surface area contributed by atoms with E-state index in [1.165, 1.54) is 7.11 Å². The number of hydrogen-bond acceptors (Lipinski definition) is 3. The number of methoxy groups -OCH3 is 1. The van der Waals surface area contributed by atoms with Crippen LogP contribution in [0.3, 0.4) is 0 Å². The molecule has 1 heterocycles. The van der Waals surface area contributed by atoms with E-state index < -0.39 is 0 Å². The molecule has 1 rings (SSSR count). The SMILES string of the molecule is COC(=O)C1CCCN1CC[O]. The predicted octanol–water partition coefficient (Wildman–Crippen LogP) is 0.0543. The molecule has 1 aliphatic rings. The van der Waals surface area contributed by atoms with Crippen molar-refractivity contribution in [2.24, 2.45) is 0 Å². The zero-order chi connectivity index (χ0) is 8.97. The summed E-state index contributed by atoms with van der Waals surface area (Å²) >= 11 is 0. The summed E-state index contributed by atoms with van der Waals surface area (Å²) in [5.74, 6) is -0.207. The standard InChI is InChI=1S/C8H14NO3/c1-12-8(11)7-3-2-4-9(7)5-6-10/h7H,2-6H2,1H3. The second kappa shape index (κ2) is 4.42. The van der Waals surface area contributed by atoms with Gasteiger partial charge in [-0.1, -0.05) is 0 Å². The molecule has 4 heteroatoms. The fraction of sp³-hybridized carbons (Fsp3) is 0.875. The minimum Gasteiger partial charge on any atom is -0.468 e. The average molecular weight is 172 g/mol. The summed E-state index contributed by atoms with van der Waals surface area (Å²) in [6.07, 6.45) is 1.81. The van der Waals surface area contributed by atoms with Crippen molar-refractivity contribution in [2.45, 2.75) is 18.9 Å². The highest BCUT2D eigenvalue weighted by atomic mass is 16.5. The van der Waals surface area contributed by atoms with Gasteiger partial charge in [0.1, 0.15) is 6.04 Å². The van der Waals surface area contributed by atoms with Gasteiger partial charge in [0.15, 0.2) is 0 Å². The topological polar surface area (TPSA) is 49.4 Å². The van der Waals surface area contributed by atoms with Crippen molar-refractivity contribution in [2.75, 3.05) is 26.8 Å². The van der Waals surface area contributed by atoms with E-state index in [2.05, 4.69) is 4.74 Å². The van der Waals surface area contributed by atoms with Crippen LogP contribution in [-0.4, -0.2) is 43.7 Å². The van der Waals surface area contributed by atoms with Crippen molar-refractivity contribution >= 4 is 5.97 Å². The summed E-state index contributed by atoms with van der Waals surface area (Å²) in [5.41, 5.74) is 0. The van der Waals surface area contributed by atoms with Gasteiger partial charge in [0, 0.05) is 6.54 Å². The zero-order valence-corrected chi connectivity index (χ0v) is 7.28. The molecule has 1 unspecified atom stereocenters. The second-order valence-electron chi connectivity index (χ2n) is 2.92. The Labute approximate surface area is 72.1 Å². The van der Waals surface area contributed by atoms with Crippen molar-refractivity contribution in [1.29, 1.82) is 0 Å². The molecule has 1 saturated heterocycles. The maximum atomic E-state index is 11.1. The lowest BCUT2D eigenvalue weighted by molar-refractivity contribution is -0.146. The van der Waals surface area contributed by atoms with E-state index in [1.54, 1.807) is 0 Å². The van der Waals surface area contributed by atoms with Crippen LogP contribution in [0.1, 0.15) is 12.8 Å². The Kier molecular flexibility index (Phi) is 3.49. The summed E-state index contributed by atoms with van der Waals surface area (Å²) in [7, 11) is 1.38. The van der Waals surface area contributed by atoms with E-state index in [1.807, 2.05) is 4.90 Å². The molecule has 0 N–H and O–H groups in total. The van der Waals surface area contributed by atoms with Crippen LogP contribution in [-0.2, 0) is 14.6 Å². The summed E-state index contributed by atoms with van der Waals surface area (Å²) in [5, 5.41) is 10.3. The van der Waals surface area contributed by atoms with Crippen molar-refractivity contribution < 1.29 is 14.6 Å². The van der Waals surface area contributed by atoms with Gasteiger partial charge in [-0.2, -0.15) is 0 Å². The van der Waals surface area contributed by atoms with Gasteiger partial charge in [0.25, 0.3) is 0 Å². The number of nitrogens with zero attached hydrogens (tertiary/aromatic N) is 1. The quantitative estimate of drug-likeness (QED) is 0.565. The lowest BCUT2D eigenvalue weighted by Gasteiger charge is -2.20. The van der Waals surface area contributed by atoms with Gasteiger partial charge in [0.05, 0.1) is 13.7 Å². The molecule has 0 aliphatic carbocycles. The van der Waals surface area contributed by atoms with Gasteiger partial charge in [-0.25, -0.2) is 5.11 Å². The summed E-state index contributed by atoms with van der Waals surface area (Å²) in [6.45, 7) is 1.16. The summed E-state index contributed by atoms with van der Waals surface area (Å²) in [6, 6.07) is -0.163. The molecule has 0 aromatic heterocycles. The fourth-order valence-electron chi connectivity index (χ4n) is 1.61. The molecule has 1 aliphatic heterocycles. The van der Waals surface area contributed by atoms with E-state index in [9.17, 15) is 9.90 Å². The third-order valence-corrected chi connectivity index (χ3v) is 2.22. The Morgan fingerprint density at radius 3 is 3.00 bits per heavy atom. The number of rotatable bonds is 3. The van der Waals surface area contributed by atoms with E-state index in [0.29, 0.717) is 6.54 Å². The van der Waals surface area contributed by atoms with Crippen LogP contribution in [0.4, 0.5) is 0 Å². The summed E-state index contributed by atoms with van der Waals surface area (Å²) < 4.78 is 4.63. The highest BCUT2D eigenvalue weighted by Gasteiger charge is 2.30. The average Bonchev–Trinajstić information content (AvgIpc) is 2.52. The Balaban J connectivity index is 2.45. The molecule has 12 heavy (non-hydrogen) atoms. The Hall–Kier alpha value is -0.610. The smallest absolute Gasteiger partial charge is 0.323 e. The molecule has 0 aromatic rings. The molecule has 69 valence electrons. The highest BCUT2D eigenvalue weighted by Crippen LogP contribution is 2.17. The first-order valence-electron chi connectivity index (χ1n) is 4.19. The zero-order valence-electron chi connectivity index (χ0n) is 7.28. The minimum atomic E-state index is -0.207. The summed E-state index contributed by atoms with van der Waals surface area (Å²) in [4.78, 5) is 13.0. The second-order valence-corrected chi connectivity index (χ2v) is 2.92. The lowest BCUT2D eigenvalue weighted by Crippen LogP contribution is -2.38. The third-order valence-electron chi connectivity index (χ3n) is 2.22. The van der Waals surface area contributed by atoms with E-state index in [-0.39, 0.29) is 18.6 Å². The van der Waals surface area contributed by atoms with Crippen LogP contribution in [0.25, 0.3) is 0 Å². The van der Waals surface area contributed by atoms with Gasteiger partial charge in [-0.3, -0.25) is 9.69 Å². The van der Waals surface area contributed by atoms with Gasteiger partial charge in [0.2, 0.25) is 0 Å². The number of esters is 1. The van der Waals surface area contributed by atoms with Crippen molar-refractivity contribution in [3.8, 4) is 0 Å². The number of carbonyl (C=O) groups is 1. The van der Waals surface area contributed by atoms with Crippen LogP contribution in [0.5, 0.6) is 0 Å². The monoisotopic (exact) mass is 172 g/mol. The van der Waals surface area contributed by atoms with E-state index in [4.69, 9.17) is 0 Å². The molecule has 4 nitrogen and oxygen atoms in total. The molecule has 1 atom stereocenters. The molecule has 1 radical (unpaired) electrons. The predicted molar refractivity (Wildman–Crippen MR) is 42.2 cm³/mol. The van der Waals surface area contributed by atoms with Crippen LogP contribution in [0, 0.1) is 0 Å². The lowest BCUT2D eigenvalue weighted by atomic mass is 10.2. The molecule has 0 aromatic carbocycles. The van der Waals surface area contributed by atoms with Crippen LogP contribution in [0.15, 0.2) is 0 Å². The fourth-order valence-corrected chi connectivity index (χ4v) is 1.61. The van der Waals surface area contributed by atoms with Crippen LogP contribution < -0.4 is 0 Å². The van der Waals surface area contributed by atoms with Gasteiger partial charge in [-0.05, 0) is 19.4 Å². The number of ether oxygens (including phenoxy) is 1. The Morgan fingerprint density at radius 1 is 1.67 bits per heavy atom. The number of hydrogen-bond donors (Lipinski definition) is 0. The molecular weight excluding hydrogens is 158 g/mol. The maximum absolute atomic E-state index is 11.1. The molecule has 0 amide bonds. The van der Waals surface area contributed by atoms with Crippen molar-refractivity contribution in [3.05, 3.63) is 0 Å². The van der Waals surface area contributed by atoms with Crippen LogP contribution >= 0.6 is 0 Å². The first-order valence-corrected chi connectivity index (χ1v) is 4.19. The van der Waals surface area contributed by atoms with Crippen molar-refractivity contribution in [1.82, 2.24) is 4.90 Å². The van der Waals surface area contributed by atoms with Crippen LogP contribution in [0.2, 0.25) is 0 Å². The Bertz CT molecular complexity index is 160. The Morgan fingerprint density at radius 2 is 2.42 bits per heavy atom. The molecular formula is C8H14NO3. The molecule has 1 fully saturated rings. The van der Waals surface area contributed by atoms with E-state index in [0.717, 1.165) is 19.4 Å². The first kappa shape index (κ1) is 9.48. The number of carbonyl (C=O) groups excluding carboxylic acids is 1. The minimum absolute atomic E-state index is 0.145. The largest absolute Gasteiger partial charge is 0.468 e. The maximum Gasteiger partial charge on any atom is 0.323 e. The first-order chi connectivity index (χ1) is 5.79. The molecule has 0 spiro atoms. The highest BCUT2D eigenvalue weighted by molar-refractivity contribution is 5.75.